The quantitative estimate of drug-likeness (QED) is 0.400. The first-order valence-electron chi connectivity index (χ1n) is 12.7. The van der Waals surface area contributed by atoms with E-state index < -0.39 is 18.0 Å². The minimum absolute atomic E-state index is 0.0465. The topological polar surface area (TPSA) is 92.1 Å². The molecule has 0 unspecified atom stereocenters. The number of carboxylic acid groups (broad SMARTS) is 1. The number of fused-ring (bicyclic) bond motifs is 1. The van der Waals surface area contributed by atoms with Crippen molar-refractivity contribution in [1.82, 2.24) is 9.88 Å². The van der Waals surface area contributed by atoms with Crippen molar-refractivity contribution in [2.75, 3.05) is 33.9 Å². The van der Waals surface area contributed by atoms with Crippen LogP contribution in [0.25, 0.3) is 10.9 Å². The molecular weight excluding hydrogens is 456 g/mol. The number of pyridine rings is 1. The molecule has 192 valence electrons. The number of aliphatic hydroxyl groups excluding tert-OH is 1. The molecule has 36 heavy (non-hydrogen) atoms. The molecule has 1 aliphatic rings. The predicted molar refractivity (Wildman–Crippen MR) is 139 cm³/mol. The standard InChI is InChI=1S/C29H36N2O5/c1-35-22-10-11-26-24(18-22)23(13-15-30-26)27(32)12-9-20-14-17-31(19-25(20)29(33)34)16-5-7-21-6-3-4-8-28(21)36-2/h3-4,6,8,10-11,13,15,18,20,25,27,32H,5,7,9,12,14,16-17,19H2,1-2H3,(H,33,34)/t20-,25+,27+/m1/s1. The van der Waals surface area contributed by atoms with Crippen LogP contribution in [0.4, 0.5) is 0 Å². The van der Waals surface area contributed by atoms with Gasteiger partial charge in [0.05, 0.1) is 31.8 Å². The van der Waals surface area contributed by atoms with Crippen LogP contribution < -0.4 is 9.47 Å². The third kappa shape index (κ3) is 6.15. The number of aliphatic hydroxyl groups is 1. The average molecular weight is 493 g/mol. The fourth-order valence-electron chi connectivity index (χ4n) is 5.39. The lowest BCUT2D eigenvalue weighted by molar-refractivity contribution is -0.146. The number of hydrogen-bond donors (Lipinski definition) is 2. The van der Waals surface area contributed by atoms with Gasteiger partial charge >= 0.3 is 5.97 Å². The van der Waals surface area contributed by atoms with E-state index in [1.165, 1.54) is 5.56 Å². The molecule has 2 aromatic carbocycles. The van der Waals surface area contributed by atoms with E-state index in [9.17, 15) is 15.0 Å². The van der Waals surface area contributed by atoms with Crippen LogP contribution in [0.2, 0.25) is 0 Å². The van der Waals surface area contributed by atoms with Gasteiger partial charge in [0.25, 0.3) is 0 Å². The minimum atomic E-state index is -0.747. The third-order valence-electron chi connectivity index (χ3n) is 7.42. The number of aryl methyl sites for hydroxylation is 1. The number of piperidine rings is 1. The number of nitrogens with zero attached hydrogens (tertiary/aromatic N) is 2. The van der Waals surface area contributed by atoms with Crippen LogP contribution >= 0.6 is 0 Å². The SMILES string of the molecule is COc1ccc2nccc([C@@H](O)CC[C@@H]3CCN(CCCc4ccccc4OC)C[C@@H]3C(=O)O)c2c1. The Hall–Kier alpha value is -3.16. The van der Waals surface area contributed by atoms with Gasteiger partial charge in [0.15, 0.2) is 0 Å². The molecule has 0 aliphatic carbocycles. The van der Waals surface area contributed by atoms with Crippen molar-refractivity contribution < 1.29 is 24.5 Å². The lowest BCUT2D eigenvalue weighted by atomic mass is 9.81. The van der Waals surface area contributed by atoms with Crippen molar-refractivity contribution in [3.05, 3.63) is 65.9 Å². The van der Waals surface area contributed by atoms with E-state index in [4.69, 9.17) is 9.47 Å². The molecule has 0 radical (unpaired) electrons. The molecular formula is C29H36N2O5. The Kier molecular flexibility index (Phi) is 8.78. The highest BCUT2D eigenvalue weighted by Gasteiger charge is 2.34. The number of hydrogen-bond acceptors (Lipinski definition) is 6. The molecule has 0 saturated carbocycles. The van der Waals surface area contributed by atoms with E-state index in [-0.39, 0.29) is 5.92 Å². The summed E-state index contributed by atoms with van der Waals surface area (Å²) in [5, 5.41) is 21.8. The van der Waals surface area contributed by atoms with Gasteiger partial charge in [0, 0.05) is 18.1 Å². The van der Waals surface area contributed by atoms with Crippen molar-refractivity contribution in [3.63, 3.8) is 0 Å². The van der Waals surface area contributed by atoms with Gasteiger partial charge in [-0.15, -0.1) is 0 Å². The molecule has 0 spiro atoms. The molecule has 2 heterocycles. The number of aliphatic carboxylic acids is 1. The number of carboxylic acids is 1. The van der Waals surface area contributed by atoms with Crippen LogP contribution in [0.3, 0.4) is 0 Å². The lowest BCUT2D eigenvalue weighted by Gasteiger charge is -2.37. The Morgan fingerprint density at radius 3 is 2.78 bits per heavy atom. The normalized spacial score (nSPS) is 19.2. The summed E-state index contributed by atoms with van der Waals surface area (Å²) in [5.74, 6) is 0.492. The van der Waals surface area contributed by atoms with Crippen molar-refractivity contribution >= 4 is 16.9 Å². The van der Waals surface area contributed by atoms with Gasteiger partial charge in [-0.1, -0.05) is 18.2 Å². The highest BCUT2D eigenvalue weighted by Crippen LogP contribution is 2.34. The summed E-state index contributed by atoms with van der Waals surface area (Å²) in [5.41, 5.74) is 2.79. The predicted octanol–water partition coefficient (Wildman–Crippen LogP) is 4.72. The number of benzene rings is 2. The smallest absolute Gasteiger partial charge is 0.308 e. The maximum Gasteiger partial charge on any atom is 0.308 e. The first-order chi connectivity index (χ1) is 17.5. The highest BCUT2D eigenvalue weighted by molar-refractivity contribution is 5.83. The molecule has 7 heteroatoms. The number of methoxy groups -OCH3 is 2. The van der Waals surface area contributed by atoms with E-state index in [2.05, 4.69) is 16.0 Å². The molecule has 3 atom stereocenters. The van der Waals surface area contributed by atoms with Crippen molar-refractivity contribution in [2.45, 2.75) is 38.2 Å². The molecule has 1 fully saturated rings. The number of ether oxygens (including phenoxy) is 2. The molecule has 2 N–H and O–H groups in total. The van der Waals surface area contributed by atoms with Gasteiger partial charge in [-0.3, -0.25) is 9.78 Å². The van der Waals surface area contributed by atoms with Crippen LogP contribution in [-0.2, 0) is 11.2 Å². The zero-order chi connectivity index (χ0) is 25.5. The second-order valence-electron chi connectivity index (χ2n) is 9.59. The lowest BCUT2D eigenvalue weighted by Crippen LogP contribution is -2.44. The monoisotopic (exact) mass is 492 g/mol. The fourth-order valence-corrected chi connectivity index (χ4v) is 5.39. The van der Waals surface area contributed by atoms with Gasteiger partial charge in [0.2, 0.25) is 0 Å². The summed E-state index contributed by atoms with van der Waals surface area (Å²) < 4.78 is 10.8. The van der Waals surface area contributed by atoms with Gasteiger partial charge < -0.3 is 24.6 Å². The first-order valence-corrected chi connectivity index (χ1v) is 12.7. The van der Waals surface area contributed by atoms with Crippen LogP contribution in [0, 0.1) is 11.8 Å². The number of rotatable bonds is 11. The maximum absolute atomic E-state index is 12.1. The molecule has 3 aromatic rings. The zero-order valence-corrected chi connectivity index (χ0v) is 21.1. The first kappa shape index (κ1) is 25.9. The summed E-state index contributed by atoms with van der Waals surface area (Å²) in [6.45, 7) is 2.30. The maximum atomic E-state index is 12.1. The van der Waals surface area contributed by atoms with Crippen molar-refractivity contribution in [3.8, 4) is 11.5 Å². The summed E-state index contributed by atoms with van der Waals surface area (Å²) >= 11 is 0. The van der Waals surface area contributed by atoms with Crippen LogP contribution in [0.15, 0.2) is 54.7 Å². The Labute approximate surface area is 212 Å². The van der Waals surface area contributed by atoms with Crippen LogP contribution in [-0.4, -0.2) is 59.9 Å². The van der Waals surface area contributed by atoms with Crippen LogP contribution in [0.5, 0.6) is 11.5 Å². The average Bonchev–Trinajstić information content (AvgIpc) is 2.91. The summed E-state index contributed by atoms with van der Waals surface area (Å²) in [6, 6.07) is 15.5. The molecule has 1 saturated heterocycles. The largest absolute Gasteiger partial charge is 0.497 e. The molecule has 4 rings (SSSR count). The van der Waals surface area contributed by atoms with E-state index in [1.54, 1.807) is 20.4 Å². The Morgan fingerprint density at radius 2 is 2.00 bits per heavy atom. The third-order valence-corrected chi connectivity index (χ3v) is 7.42. The molecule has 1 aliphatic heterocycles. The summed E-state index contributed by atoms with van der Waals surface area (Å²) in [6.07, 6.45) is 4.88. The van der Waals surface area contributed by atoms with Crippen molar-refractivity contribution in [1.29, 1.82) is 0 Å². The number of likely N-dealkylation sites (tertiary alicyclic amines) is 1. The van der Waals surface area contributed by atoms with Gasteiger partial charge in [0.1, 0.15) is 11.5 Å². The molecule has 7 nitrogen and oxygen atoms in total. The van der Waals surface area contributed by atoms with Gasteiger partial charge in [-0.2, -0.15) is 0 Å². The summed E-state index contributed by atoms with van der Waals surface area (Å²) in [7, 11) is 3.30. The van der Waals surface area contributed by atoms with E-state index in [0.717, 1.165) is 54.6 Å². The Balaban J connectivity index is 1.33. The molecule has 1 aromatic heterocycles. The number of para-hydroxylation sites is 1. The van der Waals surface area contributed by atoms with E-state index in [0.29, 0.717) is 25.1 Å². The molecule has 0 bridgehead atoms. The van der Waals surface area contributed by atoms with Crippen molar-refractivity contribution in [2.24, 2.45) is 11.8 Å². The Bertz CT molecular complexity index is 1170. The number of carbonyl (C=O) groups is 1. The molecule has 0 amide bonds. The van der Waals surface area contributed by atoms with Gasteiger partial charge in [-0.25, -0.2) is 0 Å². The fraction of sp³-hybridized carbons (Fsp3) is 0.448. The highest BCUT2D eigenvalue weighted by atomic mass is 16.5. The second kappa shape index (κ2) is 12.2. The van der Waals surface area contributed by atoms with Crippen LogP contribution in [0.1, 0.15) is 42.9 Å². The Morgan fingerprint density at radius 1 is 1.17 bits per heavy atom. The van der Waals surface area contributed by atoms with E-state index >= 15 is 0 Å². The second-order valence-corrected chi connectivity index (χ2v) is 9.59. The van der Waals surface area contributed by atoms with E-state index in [1.807, 2.05) is 42.5 Å². The van der Waals surface area contributed by atoms with Gasteiger partial charge in [-0.05, 0) is 92.6 Å². The zero-order valence-electron chi connectivity index (χ0n) is 21.1. The minimum Gasteiger partial charge on any atom is -0.497 e. The number of aromatic nitrogens is 1. The summed E-state index contributed by atoms with van der Waals surface area (Å²) in [4.78, 5) is 18.8.